The summed E-state index contributed by atoms with van der Waals surface area (Å²) in [5.74, 6) is 0.193. The molecule has 16 heteroatoms. The Balaban J connectivity index is 0. The number of phosphoric acid groups is 2. The van der Waals surface area contributed by atoms with E-state index in [0.29, 0.717) is 0 Å². The van der Waals surface area contributed by atoms with Gasteiger partial charge >= 0.3 is 15.6 Å². The molecule has 5 N–H and O–H groups in total. The van der Waals surface area contributed by atoms with Crippen molar-refractivity contribution in [2.45, 2.75) is 0 Å². The monoisotopic (exact) mass is 407 g/mol. The standard InChI is InChI=1S/C5H12NO3PS2.H4O7P2/c1-6-5(7)4-12-10(11,8-2)9-3;1-8(2,3)7-9(4,5)6/h4H2,1-3H3,(H,6,7);(H2,1,2,3)(H2,4,5,6). The lowest BCUT2D eigenvalue weighted by Gasteiger charge is -2.15. The summed E-state index contributed by atoms with van der Waals surface area (Å²) in [7, 11) is -5.55. The minimum Gasteiger partial charge on any atom is -0.358 e. The first-order valence-corrected chi connectivity index (χ1v) is 12.0. The molecule has 0 unspecified atom stereocenters. The van der Waals surface area contributed by atoms with Crippen LogP contribution in [0.2, 0.25) is 0 Å². The van der Waals surface area contributed by atoms with Crippen molar-refractivity contribution in [3.63, 3.8) is 0 Å². The largest absolute Gasteiger partial charge is 0.478 e. The second kappa shape index (κ2) is 10.4. The van der Waals surface area contributed by atoms with Gasteiger partial charge in [0.15, 0.2) is 0 Å². The highest BCUT2D eigenvalue weighted by molar-refractivity contribution is 8.68. The van der Waals surface area contributed by atoms with Gasteiger partial charge in [-0.1, -0.05) is 11.4 Å². The third-order valence-electron chi connectivity index (χ3n) is 1.29. The molecule has 0 aliphatic heterocycles. The molecule has 0 rings (SSSR count). The molecular formula is C5H16NO10P3S2. The molecule has 128 valence electrons. The SMILES string of the molecule is CNC(=O)CSP(=S)(OC)OC.O=P(O)(O)OP(=O)(O)O. The number of amides is 1. The smallest absolute Gasteiger partial charge is 0.358 e. The normalized spacial score (nSPS) is 12.3. The fourth-order valence-corrected chi connectivity index (χ4v) is 4.35. The van der Waals surface area contributed by atoms with Gasteiger partial charge in [0, 0.05) is 21.3 Å². The van der Waals surface area contributed by atoms with Crippen LogP contribution in [0.4, 0.5) is 0 Å². The minimum atomic E-state index is -5.05. The van der Waals surface area contributed by atoms with E-state index in [9.17, 15) is 13.9 Å². The van der Waals surface area contributed by atoms with Gasteiger partial charge in [-0.25, -0.2) is 9.13 Å². The minimum absolute atomic E-state index is 0.0803. The molecule has 0 atom stereocenters. The van der Waals surface area contributed by atoms with Crippen LogP contribution in [0.3, 0.4) is 0 Å². The lowest BCUT2D eigenvalue weighted by atomic mass is 10.7. The Labute approximate surface area is 130 Å². The Morgan fingerprint density at radius 1 is 1.14 bits per heavy atom. The van der Waals surface area contributed by atoms with Crippen LogP contribution < -0.4 is 5.32 Å². The first-order valence-electron chi connectivity index (χ1n) is 4.67. The molecule has 0 spiro atoms. The number of rotatable bonds is 7. The van der Waals surface area contributed by atoms with Crippen molar-refractivity contribution in [2.75, 3.05) is 27.0 Å². The molecular weight excluding hydrogens is 391 g/mol. The zero-order valence-electron chi connectivity index (χ0n) is 11.1. The van der Waals surface area contributed by atoms with Crippen LogP contribution in [-0.4, -0.2) is 52.5 Å². The Hall–Kier alpha value is 0.650. The zero-order chi connectivity index (χ0) is 17.3. The van der Waals surface area contributed by atoms with Crippen LogP contribution in [0.15, 0.2) is 0 Å². The van der Waals surface area contributed by atoms with Gasteiger partial charge in [-0.2, -0.15) is 4.31 Å². The van der Waals surface area contributed by atoms with Crippen molar-refractivity contribution >= 4 is 50.4 Å². The predicted octanol–water partition coefficient (Wildman–Crippen LogP) is 0.171. The van der Waals surface area contributed by atoms with Gasteiger partial charge in [-0.3, -0.25) is 4.79 Å². The molecule has 0 aromatic carbocycles. The van der Waals surface area contributed by atoms with Gasteiger partial charge in [0.1, 0.15) is 0 Å². The van der Waals surface area contributed by atoms with Crippen LogP contribution in [0, 0.1) is 0 Å². The molecule has 0 aliphatic rings. The molecule has 0 saturated carbocycles. The number of carbonyl (C=O) groups excluding carboxylic acids is 1. The highest BCUT2D eigenvalue weighted by Crippen LogP contribution is 2.59. The van der Waals surface area contributed by atoms with Crippen LogP contribution in [-0.2, 0) is 39.1 Å². The summed E-state index contributed by atoms with van der Waals surface area (Å²) in [5, 5.41) is 2.49. The van der Waals surface area contributed by atoms with Gasteiger partial charge in [0.2, 0.25) is 11.6 Å². The molecule has 0 fully saturated rings. The summed E-state index contributed by atoms with van der Waals surface area (Å²) in [6.07, 6.45) is 0. The van der Waals surface area contributed by atoms with E-state index < -0.39 is 21.3 Å². The number of hydrogen-bond donors (Lipinski definition) is 5. The highest BCUT2D eigenvalue weighted by Gasteiger charge is 2.27. The zero-order valence-corrected chi connectivity index (χ0v) is 15.4. The second-order valence-corrected chi connectivity index (χ2v) is 12.0. The number of carbonyl (C=O) groups is 1. The lowest BCUT2D eigenvalue weighted by molar-refractivity contribution is -0.118. The molecule has 21 heavy (non-hydrogen) atoms. The summed E-state index contributed by atoms with van der Waals surface area (Å²) in [6, 6.07) is 0. The summed E-state index contributed by atoms with van der Waals surface area (Å²) >= 11 is 6.25. The number of nitrogens with one attached hydrogen (secondary N) is 1. The van der Waals surface area contributed by atoms with Crippen LogP contribution in [0.1, 0.15) is 0 Å². The molecule has 0 bridgehead atoms. The molecule has 0 heterocycles. The van der Waals surface area contributed by atoms with Crippen molar-refractivity contribution in [3.05, 3.63) is 0 Å². The molecule has 0 radical (unpaired) electrons. The second-order valence-electron chi connectivity index (χ2n) is 2.82. The van der Waals surface area contributed by atoms with E-state index >= 15 is 0 Å². The highest BCUT2D eigenvalue weighted by atomic mass is 32.9. The molecule has 11 nitrogen and oxygen atoms in total. The van der Waals surface area contributed by atoms with Gasteiger partial charge < -0.3 is 33.9 Å². The van der Waals surface area contributed by atoms with Crippen molar-refractivity contribution in [1.82, 2.24) is 5.32 Å². The predicted molar refractivity (Wildman–Crippen MR) is 80.0 cm³/mol. The van der Waals surface area contributed by atoms with Crippen LogP contribution in [0.25, 0.3) is 0 Å². The average molecular weight is 407 g/mol. The summed E-state index contributed by atoms with van der Waals surface area (Å²) in [4.78, 5) is 41.8. The van der Waals surface area contributed by atoms with Gasteiger partial charge in [-0.15, -0.1) is 0 Å². The molecule has 0 aliphatic carbocycles. The first kappa shape index (κ1) is 23.9. The van der Waals surface area contributed by atoms with Crippen molar-refractivity contribution in [2.24, 2.45) is 0 Å². The summed E-state index contributed by atoms with van der Waals surface area (Å²) in [5.41, 5.74) is -2.26. The van der Waals surface area contributed by atoms with E-state index in [4.69, 9.17) is 40.4 Å². The lowest BCUT2D eigenvalue weighted by Crippen LogP contribution is -2.19. The van der Waals surface area contributed by atoms with E-state index in [-0.39, 0.29) is 11.7 Å². The Kier molecular flexibility index (Phi) is 11.9. The molecule has 0 aromatic heterocycles. The topological polar surface area (TPSA) is 172 Å². The third kappa shape index (κ3) is 16.8. The Bertz CT molecular complexity index is 432. The summed E-state index contributed by atoms with van der Waals surface area (Å²) < 4.78 is 32.1. The van der Waals surface area contributed by atoms with Crippen molar-refractivity contribution < 1.29 is 46.9 Å². The number of hydrogen-bond acceptors (Lipinski definition) is 8. The van der Waals surface area contributed by atoms with Gasteiger partial charge in [-0.05, 0) is 11.8 Å². The quantitative estimate of drug-likeness (QED) is 0.363. The summed E-state index contributed by atoms with van der Waals surface area (Å²) in [6.45, 7) is 0. The average Bonchev–Trinajstić information content (AvgIpc) is 2.31. The first-order chi connectivity index (χ1) is 9.28. The van der Waals surface area contributed by atoms with Gasteiger partial charge in [0.25, 0.3) is 0 Å². The van der Waals surface area contributed by atoms with Gasteiger partial charge in [0.05, 0.1) is 5.75 Å². The van der Waals surface area contributed by atoms with E-state index in [1.165, 1.54) is 25.6 Å². The Morgan fingerprint density at radius 2 is 1.52 bits per heavy atom. The Morgan fingerprint density at radius 3 is 1.71 bits per heavy atom. The van der Waals surface area contributed by atoms with Crippen molar-refractivity contribution in [3.8, 4) is 0 Å². The molecule has 1 amide bonds. The van der Waals surface area contributed by atoms with Crippen molar-refractivity contribution in [1.29, 1.82) is 0 Å². The van der Waals surface area contributed by atoms with E-state index in [1.54, 1.807) is 7.05 Å². The fraction of sp³-hybridized carbons (Fsp3) is 0.800. The molecule has 0 saturated heterocycles. The maximum Gasteiger partial charge on any atom is 0.478 e. The third-order valence-corrected chi connectivity index (χ3v) is 8.67. The van der Waals surface area contributed by atoms with Crippen LogP contribution in [0.5, 0.6) is 0 Å². The van der Waals surface area contributed by atoms with E-state index in [1.807, 2.05) is 0 Å². The van der Waals surface area contributed by atoms with E-state index in [2.05, 4.69) is 9.63 Å². The van der Waals surface area contributed by atoms with E-state index in [0.717, 1.165) is 0 Å². The maximum absolute atomic E-state index is 10.8. The maximum atomic E-state index is 10.8. The van der Waals surface area contributed by atoms with Crippen LogP contribution >= 0.6 is 32.7 Å². The fourth-order valence-electron chi connectivity index (χ4n) is 0.528. The molecule has 0 aromatic rings.